The number of nitrogens with one attached hydrogen (secondary N) is 1. The van der Waals surface area contributed by atoms with Crippen LogP contribution in [0.1, 0.15) is 31.1 Å². The number of Topliss-reactive ketones (excluding diaryl/α,β-unsaturated/α-hetero) is 1. The molecule has 1 aromatic carbocycles. The first-order valence-electron chi connectivity index (χ1n) is 7.11. The van der Waals surface area contributed by atoms with E-state index in [1.54, 1.807) is 45.0 Å². The van der Waals surface area contributed by atoms with Gasteiger partial charge in [-0.2, -0.15) is 0 Å². The lowest BCUT2D eigenvalue weighted by Crippen LogP contribution is -2.38. The second-order valence-electron chi connectivity index (χ2n) is 6.18. The minimum Gasteiger partial charge on any atom is -0.459 e. The van der Waals surface area contributed by atoms with Gasteiger partial charge in [0, 0.05) is 12.1 Å². The lowest BCUT2D eigenvalue weighted by Gasteiger charge is -2.22. The largest absolute Gasteiger partial charge is 0.459 e. The van der Waals surface area contributed by atoms with Crippen molar-refractivity contribution in [2.45, 2.75) is 32.4 Å². The summed E-state index contributed by atoms with van der Waals surface area (Å²) in [5.41, 5.74) is -0.0480. The van der Waals surface area contributed by atoms with Crippen LogP contribution in [0.2, 0.25) is 0 Å². The van der Waals surface area contributed by atoms with Crippen LogP contribution in [0.25, 0.3) is 0 Å². The fraction of sp³-hybridized carbons (Fsp3) is 0.438. The molecule has 1 aromatic rings. The van der Waals surface area contributed by atoms with E-state index in [2.05, 4.69) is 10.5 Å². The number of carbonyl (C=O) groups is 2. The molecule has 0 amide bonds. The van der Waals surface area contributed by atoms with Crippen molar-refractivity contribution in [3.63, 3.8) is 0 Å². The number of nitrogens with zero attached hydrogens (tertiary/aromatic N) is 1. The predicted octanol–water partition coefficient (Wildman–Crippen LogP) is 1.63. The van der Waals surface area contributed by atoms with Crippen LogP contribution in [0.15, 0.2) is 35.5 Å². The number of ether oxygens (including phenoxy) is 1. The van der Waals surface area contributed by atoms with Crippen molar-refractivity contribution < 1.29 is 19.5 Å². The maximum Gasteiger partial charge on any atom is 0.316 e. The number of hydrogen-bond acceptors (Lipinski definition) is 6. The summed E-state index contributed by atoms with van der Waals surface area (Å²) in [6.45, 7) is 5.48. The Morgan fingerprint density at radius 1 is 1.27 bits per heavy atom. The molecule has 6 nitrogen and oxygen atoms in total. The van der Waals surface area contributed by atoms with E-state index in [0.717, 1.165) is 0 Å². The molecule has 0 spiro atoms. The molecule has 1 fully saturated rings. The predicted molar refractivity (Wildman–Crippen MR) is 81.1 cm³/mol. The summed E-state index contributed by atoms with van der Waals surface area (Å²) < 4.78 is 5.31. The molecule has 118 valence electrons. The molecule has 6 heteroatoms. The molecule has 2 rings (SSSR count). The smallest absolute Gasteiger partial charge is 0.316 e. The molecule has 1 saturated heterocycles. The number of oxime groups is 1. The minimum atomic E-state index is -0.815. The number of hydrogen-bond donors (Lipinski definition) is 2. The molecule has 1 heterocycles. The molecule has 0 aliphatic carbocycles. The quantitative estimate of drug-likeness (QED) is 0.383. The number of rotatable bonds is 3. The first-order valence-corrected chi connectivity index (χ1v) is 7.11. The highest BCUT2D eigenvalue weighted by Gasteiger charge is 2.42. The van der Waals surface area contributed by atoms with Gasteiger partial charge in [-0.15, -0.1) is 0 Å². The normalized spacial score (nSPS) is 23.5. The molecule has 0 aromatic heterocycles. The second kappa shape index (κ2) is 6.27. The summed E-state index contributed by atoms with van der Waals surface area (Å²) in [6, 6.07) is 7.86. The lowest BCUT2D eigenvalue weighted by atomic mass is 9.96. The molecule has 0 saturated carbocycles. The van der Waals surface area contributed by atoms with E-state index in [4.69, 9.17) is 4.74 Å². The van der Waals surface area contributed by atoms with Crippen LogP contribution < -0.4 is 5.32 Å². The SMILES string of the molecule is CC(C)(C)OC(=O)C1CNC(C(=O)c2ccccc2)C1=NO. The highest BCUT2D eigenvalue weighted by atomic mass is 16.6. The molecular weight excluding hydrogens is 284 g/mol. The van der Waals surface area contributed by atoms with Gasteiger partial charge in [0.2, 0.25) is 0 Å². The van der Waals surface area contributed by atoms with Crippen molar-refractivity contribution in [1.29, 1.82) is 0 Å². The second-order valence-corrected chi connectivity index (χ2v) is 6.18. The van der Waals surface area contributed by atoms with Gasteiger partial charge in [0.25, 0.3) is 0 Å². The summed E-state index contributed by atoms with van der Waals surface area (Å²) in [5, 5.41) is 15.3. The fourth-order valence-corrected chi connectivity index (χ4v) is 2.35. The fourth-order valence-electron chi connectivity index (χ4n) is 2.35. The van der Waals surface area contributed by atoms with Crippen LogP contribution in [0.5, 0.6) is 0 Å². The minimum absolute atomic E-state index is 0.100. The van der Waals surface area contributed by atoms with Crippen LogP contribution >= 0.6 is 0 Å². The van der Waals surface area contributed by atoms with Crippen molar-refractivity contribution >= 4 is 17.5 Å². The van der Waals surface area contributed by atoms with Crippen molar-refractivity contribution in [3.8, 4) is 0 Å². The van der Waals surface area contributed by atoms with E-state index in [1.165, 1.54) is 0 Å². The Kier molecular flexibility index (Phi) is 4.61. The molecular formula is C16H20N2O4. The van der Waals surface area contributed by atoms with Crippen molar-refractivity contribution in [2.75, 3.05) is 6.54 Å². The van der Waals surface area contributed by atoms with Gasteiger partial charge in [-0.25, -0.2) is 0 Å². The number of benzene rings is 1. The van der Waals surface area contributed by atoms with E-state index < -0.39 is 23.5 Å². The van der Waals surface area contributed by atoms with E-state index in [9.17, 15) is 14.8 Å². The lowest BCUT2D eigenvalue weighted by molar-refractivity contribution is -0.157. The zero-order chi connectivity index (χ0) is 16.3. The Balaban J connectivity index is 2.17. The van der Waals surface area contributed by atoms with Crippen LogP contribution in [-0.2, 0) is 9.53 Å². The van der Waals surface area contributed by atoms with Crippen molar-refractivity contribution in [3.05, 3.63) is 35.9 Å². The Morgan fingerprint density at radius 2 is 1.91 bits per heavy atom. The molecule has 22 heavy (non-hydrogen) atoms. The van der Waals surface area contributed by atoms with E-state index >= 15 is 0 Å². The summed E-state index contributed by atoms with van der Waals surface area (Å²) in [4.78, 5) is 24.6. The topological polar surface area (TPSA) is 88.0 Å². The van der Waals surface area contributed by atoms with Crippen molar-refractivity contribution in [1.82, 2.24) is 5.32 Å². The Hall–Kier alpha value is -2.21. The Labute approximate surface area is 129 Å². The Bertz CT molecular complexity index is 590. The van der Waals surface area contributed by atoms with Crippen LogP contribution in [0, 0.1) is 5.92 Å². The van der Waals surface area contributed by atoms with Gasteiger partial charge >= 0.3 is 5.97 Å². The standard InChI is InChI=1S/C16H20N2O4/c1-16(2,3)22-15(20)11-9-17-13(12(11)18-21)14(19)10-7-5-4-6-8-10/h4-8,11,13,17,21H,9H2,1-3H3. The molecule has 0 bridgehead atoms. The molecule has 2 atom stereocenters. The zero-order valence-corrected chi connectivity index (χ0v) is 12.9. The van der Waals surface area contributed by atoms with Crippen LogP contribution in [0.3, 0.4) is 0 Å². The summed E-state index contributed by atoms with van der Waals surface area (Å²) in [7, 11) is 0. The molecule has 2 N–H and O–H groups in total. The summed E-state index contributed by atoms with van der Waals surface area (Å²) in [5.74, 6) is -1.50. The molecule has 1 aliphatic heterocycles. The average Bonchev–Trinajstić information content (AvgIpc) is 2.89. The summed E-state index contributed by atoms with van der Waals surface area (Å²) in [6.07, 6.45) is 0. The monoisotopic (exact) mass is 304 g/mol. The molecule has 2 unspecified atom stereocenters. The highest BCUT2D eigenvalue weighted by molar-refractivity contribution is 6.21. The number of ketones is 1. The van der Waals surface area contributed by atoms with Gasteiger partial charge < -0.3 is 15.3 Å². The molecule has 1 aliphatic rings. The van der Waals surface area contributed by atoms with Crippen LogP contribution in [-0.4, -0.2) is 40.9 Å². The number of esters is 1. The van der Waals surface area contributed by atoms with Gasteiger partial charge in [-0.1, -0.05) is 35.5 Å². The van der Waals surface area contributed by atoms with E-state index in [1.807, 2.05) is 6.07 Å². The third-order valence-electron chi connectivity index (χ3n) is 3.31. The first kappa shape index (κ1) is 16.2. The van der Waals surface area contributed by atoms with Gasteiger partial charge in [-0.3, -0.25) is 9.59 Å². The number of carbonyl (C=O) groups excluding carboxylic acids is 2. The van der Waals surface area contributed by atoms with Gasteiger partial charge in [0.15, 0.2) is 5.78 Å². The van der Waals surface area contributed by atoms with Gasteiger partial charge in [0.1, 0.15) is 17.6 Å². The molecule has 0 radical (unpaired) electrons. The zero-order valence-electron chi connectivity index (χ0n) is 12.9. The average molecular weight is 304 g/mol. The third-order valence-corrected chi connectivity index (χ3v) is 3.31. The van der Waals surface area contributed by atoms with Gasteiger partial charge in [-0.05, 0) is 20.8 Å². The van der Waals surface area contributed by atoms with Crippen LogP contribution in [0.4, 0.5) is 0 Å². The highest BCUT2D eigenvalue weighted by Crippen LogP contribution is 2.20. The van der Waals surface area contributed by atoms with E-state index in [-0.39, 0.29) is 18.0 Å². The van der Waals surface area contributed by atoms with Gasteiger partial charge in [0.05, 0.1) is 5.71 Å². The Morgan fingerprint density at radius 3 is 2.45 bits per heavy atom. The summed E-state index contributed by atoms with van der Waals surface area (Å²) >= 11 is 0. The maximum atomic E-state index is 12.5. The van der Waals surface area contributed by atoms with Crippen molar-refractivity contribution in [2.24, 2.45) is 11.1 Å². The maximum absolute atomic E-state index is 12.5. The van der Waals surface area contributed by atoms with E-state index in [0.29, 0.717) is 5.56 Å². The first-order chi connectivity index (χ1) is 10.3. The third kappa shape index (κ3) is 3.51.